The molecular formula is C3H10O6P2Zn. The summed E-state index contributed by atoms with van der Waals surface area (Å²) in [6.07, 6.45) is -1.11. The van der Waals surface area contributed by atoms with E-state index in [1.54, 1.807) is 0 Å². The SMILES string of the molecule is O=P(O)(O)CCCP(=O)(O)O.[Zn]. The van der Waals surface area contributed by atoms with Crippen molar-refractivity contribution in [3.05, 3.63) is 0 Å². The van der Waals surface area contributed by atoms with Gasteiger partial charge in [0.15, 0.2) is 0 Å². The Bertz CT molecular complexity index is 183. The molecule has 0 rings (SSSR count). The Morgan fingerprint density at radius 1 is 0.833 bits per heavy atom. The fourth-order valence-corrected chi connectivity index (χ4v) is 1.87. The summed E-state index contributed by atoms with van der Waals surface area (Å²) in [7, 11) is -8.19. The van der Waals surface area contributed by atoms with Gasteiger partial charge in [0.05, 0.1) is 12.3 Å². The van der Waals surface area contributed by atoms with E-state index in [2.05, 4.69) is 0 Å². The van der Waals surface area contributed by atoms with Crippen LogP contribution in [0, 0.1) is 0 Å². The first-order valence-corrected chi connectivity index (χ1v) is 6.39. The quantitative estimate of drug-likeness (QED) is 0.412. The number of hydrogen-bond donors (Lipinski definition) is 4. The minimum absolute atomic E-state index is 0. The smallest absolute Gasteiger partial charge is 0.324 e. The third-order valence-electron chi connectivity index (χ3n) is 0.899. The van der Waals surface area contributed by atoms with E-state index in [0.717, 1.165) is 0 Å². The molecule has 0 aliphatic rings. The summed E-state index contributed by atoms with van der Waals surface area (Å²) in [5.74, 6) is 0. The van der Waals surface area contributed by atoms with Gasteiger partial charge >= 0.3 is 15.2 Å². The molecule has 0 aliphatic carbocycles. The molecule has 0 atom stereocenters. The van der Waals surface area contributed by atoms with E-state index < -0.39 is 27.5 Å². The topological polar surface area (TPSA) is 115 Å². The second kappa shape index (κ2) is 5.61. The van der Waals surface area contributed by atoms with Gasteiger partial charge in [0.25, 0.3) is 0 Å². The predicted octanol–water partition coefficient (Wildman–Crippen LogP) is -0.271. The Hall–Kier alpha value is 0.923. The molecule has 0 saturated heterocycles. The van der Waals surface area contributed by atoms with Crippen LogP contribution in [-0.2, 0) is 28.6 Å². The summed E-state index contributed by atoms with van der Waals surface area (Å²) >= 11 is 0. The predicted molar refractivity (Wildman–Crippen MR) is 38.4 cm³/mol. The van der Waals surface area contributed by atoms with E-state index >= 15 is 0 Å². The molecule has 12 heavy (non-hydrogen) atoms. The maximum Gasteiger partial charge on any atom is 0.325 e. The van der Waals surface area contributed by atoms with Crippen LogP contribution in [0.5, 0.6) is 0 Å². The van der Waals surface area contributed by atoms with Gasteiger partial charge in [0.1, 0.15) is 0 Å². The molecule has 0 radical (unpaired) electrons. The average Bonchev–Trinajstić information content (AvgIpc) is 1.55. The molecule has 70 valence electrons. The molecule has 0 bridgehead atoms. The van der Waals surface area contributed by atoms with Gasteiger partial charge in [0.2, 0.25) is 0 Å². The Kier molecular flexibility index (Phi) is 7.20. The van der Waals surface area contributed by atoms with Gasteiger partial charge in [-0.15, -0.1) is 0 Å². The molecule has 0 aromatic heterocycles. The summed E-state index contributed by atoms with van der Waals surface area (Å²) in [5, 5.41) is 0. The molecule has 9 heteroatoms. The van der Waals surface area contributed by atoms with E-state index in [-0.39, 0.29) is 25.9 Å². The number of hydrogen-bond acceptors (Lipinski definition) is 2. The maximum atomic E-state index is 10.2. The van der Waals surface area contributed by atoms with Crippen molar-refractivity contribution in [1.29, 1.82) is 0 Å². The van der Waals surface area contributed by atoms with Crippen molar-refractivity contribution >= 4 is 15.2 Å². The molecular weight excluding hydrogens is 259 g/mol. The molecule has 6 nitrogen and oxygen atoms in total. The van der Waals surface area contributed by atoms with Gasteiger partial charge in [0, 0.05) is 19.5 Å². The van der Waals surface area contributed by atoms with Crippen LogP contribution in [0.4, 0.5) is 0 Å². The number of rotatable bonds is 4. The van der Waals surface area contributed by atoms with Crippen molar-refractivity contribution in [2.75, 3.05) is 12.3 Å². The Morgan fingerprint density at radius 2 is 1.08 bits per heavy atom. The van der Waals surface area contributed by atoms with E-state index in [1.165, 1.54) is 0 Å². The van der Waals surface area contributed by atoms with Crippen molar-refractivity contribution in [2.24, 2.45) is 0 Å². The molecule has 4 N–H and O–H groups in total. The third kappa shape index (κ3) is 13.5. The van der Waals surface area contributed by atoms with Crippen LogP contribution in [0.15, 0.2) is 0 Å². The second-order valence-corrected chi connectivity index (χ2v) is 5.68. The molecule has 0 aromatic rings. The first-order valence-electron chi connectivity index (χ1n) is 2.80. The van der Waals surface area contributed by atoms with Crippen LogP contribution in [-0.4, -0.2) is 31.9 Å². The van der Waals surface area contributed by atoms with Crippen molar-refractivity contribution in [1.82, 2.24) is 0 Å². The largest absolute Gasteiger partial charge is 0.325 e. The molecule has 0 unspecified atom stereocenters. The average molecular weight is 269 g/mol. The zero-order chi connectivity index (χ0) is 9.12. The van der Waals surface area contributed by atoms with Crippen molar-refractivity contribution in [2.45, 2.75) is 6.42 Å². The van der Waals surface area contributed by atoms with E-state index in [4.69, 9.17) is 19.6 Å². The van der Waals surface area contributed by atoms with Crippen LogP contribution in [0.3, 0.4) is 0 Å². The van der Waals surface area contributed by atoms with Crippen LogP contribution in [0.2, 0.25) is 0 Å². The summed E-state index contributed by atoms with van der Waals surface area (Å²) in [6.45, 7) is 0. The van der Waals surface area contributed by atoms with Gasteiger partial charge < -0.3 is 19.6 Å². The van der Waals surface area contributed by atoms with Gasteiger partial charge in [-0.1, -0.05) is 0 Å². The minimum Gasteiger partial charge on any atom is -0.324 e. The molecule has 0 amide bonds. The third-order valence-corrected chi connectivity index (χ3v) is 2.70. The molecule has 0 heterocycles. The maximum absolute atomic E-state index is 10.2. The molecule has 0 aromatic carbocycles. The first-order chi connectivity index (χ1) is 4.71. The zero-order valence-electron chi connectivity index (χ0n) is 6.33. The zero-order valence-corrected chi connectivity index (χ0v) is 11.1. The van der Waals surface area contributed by atoms with Crippen molar-refractivity contribution in [3.8, 4) is 0 Å². The molecule has 0 aliphatic heterocycles. The molecule has 0 fully saturated rings. The molecule has 0 spiro atoms. The van der Waals surface area contributed by atoms with Crippen LogP contribution in [0.25, 0.3) is 0 Å². The fourth-order valence-electron chi connectivity index (χ4n) is 0.483. The van der Waals surface area contributed by atoms with Gasteiger partial charge in [-0.05, 0) is 6.42 Å². The van der Waals surface area contributed by atoms with E-state index in [0.29, 0.717) is 0 Å². The summed E-state index contributed by atoms with van der Waals surface area (Å²) in [4.78, 5) is 33.1. The minimum atomic E-state index is -4.10. The fraction of sp³-hybridized carbons (Fsp3) is 1.00. The van der Waals surface area contributed by atoms with Crippen LogP contribution >= 0.6 is 15.2 Å². The van der Waals surface area contributed by atoms with E-state index in [1.807, 2.05) is 0 Å². The van der Waals surface area contributed by atoms with Crippen LogP contribution in [0.1, 0.15) is 6.42 Å². The summed E-state index contributed by atoms with van der Waals surface area (Å²) in [6, 6.07) is 0. The Morgan fingerprint density at radius 3 is 1.25 bits per heavy atom. The van der Waals surface area contributed by atoms with Crippen molar-refractivity contribution < 1.29 is 48.2 Å². The van der Waals surface area contributed by atoms with Gasteiger partial charge in [-0.3, -0.25) is 9.13 Å². The molecule has 0 saturated carbocycles. The standard InChI is InChI=1S/C3H10O6P2.Zn/c4-10(5,6)2-1-3-11(7,8)9;/h1-3H2,(H2,4,5,6)(H2,7,8,9);. The Balaban J connectivity index is 0. The van der Waals surface area contributed by atoms with Gasteiger partial charge in [-0.2, -0.15) is 0 Å². The summed E-state index contributed by atoms with van der Waals surface area (Å²) in [5.41, 5.74) is 0. The Labute approximate surface area is 82.5 Å². The van der Waals surface area contributed by atoms with Gasteiger partial charge in [-0.25, -0.2) is 0 Å². The monoisotopic (exact) mass is 268 g/mol. The second-order valence-electron chi connectivity index (χ2n) is 2.13. The van der Waals surface area contributed by atoms with Crippen LogP contribution < -0.4 is 0 Å². The van der Waals surface area contributed by atoms with E-state index in [9.17, 15) is 9.13 Å². The summed E-state index contributed by atoms with van der Waals surface area (Å²) < 4.78 is 20.3. The van der Waals surface area contributed by atoms with Crippen molar-refractivity contribution in [3.63, 3.8) is 0 Å². The first kappa shape index (κ1) is 15.4. The normalized spacial score (nSPS) is 12.3.